The van der Waals surface area contributed by atoms with Gasteiger partial charge in [0, 0.05) is 23.6 Å². The lowest BCUT2D eigenvalue weighted by molar-refractivity contribution is 0.0602. The fraction of sp³-hybridized carbons (Fsp3) is 0.0500. The number of amides is 1. The molecule has 0 radical (unpaired) electrons. The zero-order valence-electron chi connectivity index (χ0n) is 14.7. The van der Waals surface area contributed by atoms with Crippen molar-refractivity contribution in [1.82, 2.24) is 4.98 Å². The van der Waals surface area contributed by atoms with Gasteiger partial charge < -0.3 is 15.4 Å². The van der Waals surface area contributed by atoms with Gasteiger partial charge in [-0.1, -0.05) is 12.1 Å². The summed E-state index contributed by atoms with van der Waals surface area (Å²) < 4.78 is 31.1. The first-order chi connectivity index (χ1) is 13.5. The quantitative estimate of drug-likeness (QED) is 0.647. The van der Waals surface area contributed by atoms with Crippen LogP contribution in [0.5, 0.6) is 0 Å². The van der Waals surface area contributed by atoms with Crippen molar-refractivity contribution in [2.45, 2.75) is 0 Å². The first kappa shape index (κ1) is 19.0. The van der Waals surface area contributed by atoms with Crippen LogP contribution in [0.1, 0.15) is 20.8 Å². The summed E-state index contributed by atoms with van der Waals surface area (Å²) in [5.41, 5.74) is 1.31. The number of carbonyl (C=O) groups is 2. The number of esters is 1. The molecule has 0 fully saturated rings. The maximum absolute atomic E-state index is 13.3. The third-order valence-corrected chi connectivity index (χ3v) is 3.78. The van der Waals surface area contributed by atoms with Crippen LogP contribution in [0.15, 0.2) is 60.8 Å². The molecule has 28 heavy (non-hydrogen) atoms. The van der Waals surface area contributed by atoms with E-state index < -0.39 is 23.5 Å². The van der Waals surface area contributed by atoms with Gasteiger partial charge in [0.15, 0.2) is 11.6 Å². The number of para-hydroxylation sites is 1. The third kappa shape index (κ3) is 4.29. The van der Waals surface area contributed by atoms with Crippen molar-refractivity contribution in [2.24, 2.45) is 0 Å². The van der Waals surface area contributed by atoms with Gasteiger partial charge in [-0.2, -0.15) is 0 Å². The second kappa shape index (κ2) is 8.26. The molecule has 0 spiro atoms. The number of halogens is 2. The van der Waals surface area contributed by atoms with Crippen molar-refractivity contribution in [3.8, 4) is 0 Å². The second-order valence-electron chi connectivity index (χ2n) is 5.67. The summed E-state index contributed by atoms with van der Waals surface area (Å²) in [6.07, 6.45) is 1.39. The van der Waals surface area contributed by atoms with Crippen LogP contribution in [0.25, 0.3) is 0 Å². The Balaban J connectivity index is 1.79. The number of aromatic nitrogens is 1. The molecule has 0 saturated carbocycles. The molecule has 0 saturated heterocycles. The van der Waals surface area contributed by atoms with Crippen molar-refractivity contribution in [3.63, 3.8) is 0 Å². The van der Waals surface area contributed by atoms with Crippen molar-refractivity contribution in [3.05, 3.63) is 83.7 Å². The predicted molar refractivity (Wildman–Crippen MR) is 99.6 cm³/mol. The van der Waals surface area contributed by atoms with E-state index in [0.29, 0.717) is 11.4 Å². The minimum Gasteiger partial charge on any atom is -0.465 e. The van der Waals surface area contributed by atoms with Gasteiger partial charge >= 0.3 is 5.97 Å². The molecular formula is C20H15F2N3O3. The maximum Gasteiger partial charge on any atom is 0.339 e. The third-order valence-electron chi connectivity index (χ3n) is 3.78. The zero-order chi connectivity index (χ0) is 20.1. The topological polar surface area (TPSA) is 80.3 Å². The normalized spacial score (nSPS) is 10.2. The van der Waals surface area contributed by atoms with Crippen LogP contribution in [-0.2, 0) is 4.74 Å². The van der Waals surface area contributed by atoms with E-state index in [2.05, 4.69) is 15.6 Å². The fourth-order valence-electron chi connectivity index (χ4n) is 2.44. The highest BCUT2D eigenvalue weighted by atomic mass is 19.2. The summed E-state index contributed by atoms with van der Waals surface area (Å²) in [5, 5.41) is 5.48. The van der Waals surface area contributed by atoms with Gasteiger partial charge in [0.25, 0.3) is 5.91 Å². The molecule has 142 valence electrons. The van der Waals surface area contributed by atoms with Gasteiger partial charge in [-0.15, -0.1) is 0 Å². The van der Waals surface area contributed by atoms with Crippen molar-refractivity contribution in [1.29, 1.82) is 0 Å². The molecular weight excluding hydrogens is 368 g/mol. The number of ether oxygens (including phenoxy) is 1. The summed E-state index contributed by atoms with van der Waals surface area (Å²) in [5.74, 6) is -3.08. The Kier molecular flexibility index (Phi) is 5.59. The van der Waals surface area contributed by atoms with Crippen LogP contribution in [0, 0.1) is 11.6 Å². The minimum atomic E-state index is -0.989. The molecule has 0 aliphatic carbocycles. The number of pyridine rings is 1. The zero-order valence-corrected chi connectivity index (χ0v) is 14.7. The number of hydrogen-bond acceptors (Lipinski definition) is 5. The van der Waals surface area contributed by atoms with Gasteiger partial charge in [0.1, 0.15) is 5.69 Å². The maximum atomic E-state index is 13.3. The first-order valence-electron chi connectivity index (χ1n) is 8.15. The number of anilines is 3. The van der Waals surface area contributed by atoms with E-state index in [1.807, 2.05) is 0 Å². The average Bonchev–Trinajstić information content (AvgIpc) is 2.71. The smallest absolute Gasteiger partial charge is 0.339 e. The fourth-order valence-corrected chi connectivity index (χ4v) is 2.44. The van der Waals surface area contributed by atoms with Gasteiger partial charge in [0.05, 0.1) is 18.4 Å². The van der Waals surface area contributed by atoms with Crippen LogP contribution in [0.3, 0.4) is 0 Å². The van der Waals surface area contributed by atoms with E-state index in [4.69, 9.17) is 4.74 Å². The van der Waals surface area contributed by atoms with E-state index in [-0.39, 0.29) is 16.9 Å². The highest BCUT2D eigenvalue weighted by Gasteiger charge is 2.15. The number of carbonyl (C=O) groups excluding carboxylic acids is 2. The van der Waals surface area contributed by atoms with Crippen LogP contribution in [-0.4, -0.2) is 24.0 Å². The van der Waals surface area contributed by atoms with Gasteiger partial charge in [-0.05, 0) is 36.4 Å². The molecule has 0 unspecified atom stereocenters. The van der Waals surface area contributed by atoms with Gasteiger partial charge in [-0.25, -0.2) is 13.6 Å². The summed E-state index contributed by atoms with van der Waals surface area (Å²) in [6.45, 7) is 0. The SMILES string of the molecule is COC(=O)c1ccccc1NC(=O)c1cc(Nc2ccc(F)c(F)c2)ccn1. The summed E-state index contributed by atoms with van der Waals surface area (Å²) in [4.78, 5) is 28.3. The Morgan fingerprint density at radius 2 is 1.71 bits per heavy atom. The molecule has 1 amide bonds. The molecule has 3 rings (SSSR count). The molecule has 0 aliphatic heterocycles. The van der Waals surface area contributed by atoms with E-state index in [0.717, 1.165) is 12.1 Å². The lowest BCUT2D eigenvalue weighted by atomic mass is 10.1. The molecule has 1 heterocycles. The molecule has 8 heteroatoms. The molecule has 1 aromatic heterocycles. The number of methoxy groups -OCH3 is 1. The summed E-state index contributed by atoms with van der Waals surface area (Å²) in [7, 11) is 1.25. The highest BCUT2D eigenvalue weighted by Crippen LogP contribution is 2.21. The molecule has 6 nitrogen and oxygen atoms in total. The van der Waals surface area contributed by atoms with Crippen molar-refractivity contribution >= 4 is 28.9 Å². The van der Waals surface area contributed by atoms with Gasteiger partial charge in [0.2, 0.25) is 0 Å². The van der Waals surface area contributed by atoms with Crippen molar-refractivity contribution < 1.29 is 23.1 Å². The lowest BCUT2D eigenvalue weighted by Gasteiger charge is -2.11. The minimum absolute atomic E-state index is 0.0623. The molecule has 2 N–H and O–H groups in total. The highest BCUT2D eigenvalue weighted by molar-refractivity contribution is 6.07. The monoisotopic (exact) mass is 383 g/mol. The Labute approximate surface area is 159 Å². The Morgan fingerprint density at radius 1 is 0.964 bits per heavy atom. The van der Waals surface area contributed by atoms with E-state index in [9.17, 15) is 18.4 Å². The largest absolute Gasteiger partial charge is 0.465 e. The number of nitrogens with zero attached hydrogens (tertiary/aromatic N) is 1. The first-order valence-corrected chi connectivity index (χ1v) is 8.15. The van der Waals surface area contributed by atoms with E-state index >= 15 is 0 Å². The van der Waals surface area contributed by atoms with E-state index in [1.165, 1.54) is 31.5 Å². The number of rotatable bonds is 5. The summed E-state index contributed by atoms with van der Waals surface area (Å²) >= 11 is 0. The van der Waals surface area contributed by atoms with Crippen LogP contribution >= 0.6 is 0 Å². The van der Waals surface area contributed by atoms with Crippen LogP contribution in [0.2, 0.25) is 0 Å². The van der Waals surface area contributed by atoms with E-state index in [1.54, 1.807) is 24.3 Å². The Morgan fingerprint density at radius 3 is 2.46 bits per heavy atom. The number of benzene rings is 2. The molecule has 2 aromatic carbocycles. The Hall–Kier alpha value is -3.81. The van der Waals surface area contributed by atoms with Crippen molar-refractivity contribution in [2.75, 3.05) is 17.7 Å². The average molecular weight is 383 g/mol. The van der Waals surface area contributed by atoms with Crippen LogP contribution in [0.4, 0.5) is 25.8 Å². The molecule has 0 atom stereocenters. The number of nitrogens with one attached hydrogen (secondary N) is 2. The Bertz CT molecular complexity index is 1040. The lowest BCUT2D eigenvalue weighted by Crippen LogP contribution is -2.16. The van der Waals surface area contributed by atoms with Crippen LogP contribution < -0.4 is 10.6 Å². The molecule has 0 bridgehead atoms. The molecule has 3 aromatic rings. The number of hydrogen-bond donors (Lipinski definition) is 2. The standard InChI is InChI=1S/C20H15F2N3O3/c1-28-20(27)14-4-2-3-5-17(14)25-19(26)18-11-13(8-9-23-18)24-12-6-7-15(21)16(22)10-12/h2-11H,1H3,(H,23,24)(H,25,26). The second-order valence-corrected chi connectivity index (χ2v) is 5.67. The summed E-state index contributed by atoms with van der Waals surface area (Å²) in [6, 6.07) is 12.8. The van der Waals surface area contributed by atoms with Gasteiger partial charge in [-0.3, -0.25) is 9.78 Å². The molecule has 0 aliphatic rings. The predicted octanol–water partition coefficient (Wildman–Crippen LogP) is 4.14.